The Morgan fingerprint density at radius 2 is 1.93 bits per heavy atom. The number of aromatic hydroxyl groups is 1. The van der Waals surface area contributed by atoms with Gasteiger partial charge in [0.1, 0.15) is 5.75 Å². The number of hydrogen-bond donors (Lipinski definition) is 2. The number of hydrogen-bond acceptors (Lipinski definition) is 6. The lowest BCUT2D eigenvalue weighted by atomic mass is 10.2. The van der Waals surface area contributed by atoms with Crippen LogP contribution >= 0.6 is 47.8 Å². The molecule has 0 saturated heterocycles. The fraction of sp³-hybridized carbons (Fsp3) is 0.0556. The molecule has 0 aliphatic rings. The molecule has 1 heterocycles. The fourth-order valence-corrected chi connectivity index (χ4v) is 4.19. The highest BCUT2D eigenvalue weighted by molar-refractivity contribution is 9.11. The molecule has 0 unspecified atom stereocenters. The minimum atomic E-state index is -0.547. The number of carbonyl (C=O) groups is 1. The first kappa shape index (κ1) is 22.1. The largest absolute Gasteiger partial charge is 0.506 e. The van der Waals surface area contributed by atoms with Crippen LogP contribution < -0.4 is 5.43 Å². The smallest absolute Gasteiger partial charge is 0.293 e. The molecule has 0 spiro atoms. The first-order valence-corrected chi connectivity index (χ1v) is 10.6. The molecule has 0 fully saturated rings. The van der Waals surface area contributed by atoms with E-state index in [1.807, 2.05) is 0 Å². The van der Waals surface area contributed by atoms with E-state index in [9.17, 15) is 20.0 Å². The van der Waals surface area contributed by atoms with Crippen LogP contribution in [0.1, 0.15) is 21.6 Å². The van der Waals surface area contributed by atoms with Crippen molar-refractivity contribution in [3.05, 3.63) is 82.9 Å². The standard InChI is InChI=1S/C18H12Br3N5O4/c19-12-5-11(17(27)14(20)6-12)7-22-23-18(28)16-15(21)9-25(24-16)8-10-1-3-13(4-2-10)26(29)30/h1-7,9,27H,8H2,(H,23,28)/b22-7+. The summed E-state index contributed by atoms with van der Waals surface area (Å²) in [5.41, 5.74) is 3.67. The maximum Gasteiger partial charge on any atom is 0.293 e. The van der Waals surface area contributed by atoms with Gasteiger partial charge in [-0.25, -0.2) is 5.43 Å². The van der Waals surface area contributed by atoms with Crippen LogP contribution in [0.5, 0.6) is 5.75 Å². The minimum Gasteiger partial charge on any atom is -0.506 e. The zero-order chi connectivity index (χ0) is 21.8. The Balaban J connectivity index is 1.68. The highest BCUT2D eigenvalue weighted by Gasteiger charge is 2.15. The van der Waals surface area contributed by atoms with Gasteiger partial charge in [-0.3, -0.25) is 19.6 Å². The van der Waals surface area contributed by atoms with Crippen LogP contribution in [0, 0.1) is 10.1 Å². The zero-order valence-electron chi connectivity index (χ0n) is 14.9. The van der Waals surface area contributed by atoms with E-state index >= 15 is 0 Å². The zero-order valence-corrected chi connectivity index (χ0v) is 19.7. The van der Waals surface area contributed by atoms with Gasteiger partial charge in [-0.05, 0) is 49.6 Å². The van der Waals surface area contributed by atoms with Crippen LogP contribution in [0.4, 0.5) is 5.69 Å². The molecule has 3 aromatic rings. The summed E-state index contributed by atoms with van der Waals surface area (Å²) >= 11 is 9.83. The number of halogens is 3. The lowest BCUT2D eigenvalue weighted by molar-refractivity contribution is -0.384. The number of phenols is 1. The lowest BCUT2D eigenvalue weighted by Gasteiger charge is -2.03. The van der Waals surface area contributed by atoms with Crippen molar-refractivity contribution < 1.29 is 14.8 Å². The third-order valence-corrected chi connectivity index (χ3v) is 5.49. The Hall–Kier alpha value is -2.57. The highest BCUT2D eigenvalue weighted by atomic mass is 79.9. The van der Waals surface area contributed by atoms with Crippen molar-refractivity contribution in [3.8, 4) is 5.75 Å². The molecule has 12 heteroatoms. The van der Waals surface area contributed by atoms with Gasteiger partial charge in [0.25, 0.3) is 11.6 Å². The molecule has 0 atom stereocenters. The fourth-order valence-electron chi connectivity index (χ4n) is 2.44. The summed E-state index contributed by atoms with van der Waals surface area (Å²) in [6.45, 7) is 0.326. The quantitative estimate of drug-likeness (QED) is 0.243. The van der Waals surface area contributed by atoms with Crippen molar-refractivity contribution >= 4 is 65.6 Å². The van der Waals surface area contributed by atoms with Crippen molar-refractivity contribution in [1.29, 1.82) is 0 Å². The van der Waals surface area contributed by atoms with Crippen LogP contribution in [-0.2, 0) is 6.54 Å². The SMILES string of the molecule is O=C(N/N=C/c1cc(Br)cc(Br)c1O)c1nn(Cc2ccc([N+](=O)[O-])cc2)cc1Br. The predicted octanol–water partition coefficient (Wildman–Crippen LogP) is 4.60. The molecule has 2 aromatic carbocycles. The molecule has 0 aliphatic carbocycles. The predicted molar refractivity (Wildman–Crippen MR) is 121 cm³/mol. The van der Waals surface area contributed by atoms with Crippen LogP contribution in [0.2, 0.25) is 0 Å². The number of nitro benzene ring substituents is 1. The number of nitro groups is 1. The van der Waals surface area contributed by atoms with Gasteiger partial charge < -0.3 is 5.11 Å². The van der Waals surface area contributed by atoms with Gasteiger partial charge >= 0.3 is 0 Å². The molecule has 0 bridgehead atoms. The first-order valence-electron chi connectivity index (χ1n) is 8.22. The topological polar surface area (TPSA) is 123 Å². The number of amides is 1. The molecule has 0 radical (unpaired) electrons. The normalized spacial score (nSPS) is 11.0. The number of carbonyl (C=O) groups excluding carboxylic acids is 1. The van der Waals surface area contributed by atoms with Crippen LogP contribution in [0.3, 0.4) is 0 Å². The maximum absolute atomic E-state index is 12.4. The van der Waals surface area contributed by atoms with E-state index in [0.717, 1.165) is 10.0 Å². The third-order valence-electron chi connectivity index (χ3n) is 3.85. The van der Waals surface area contributed by atoms with Crippen molar-refractivity contribution in [2.24, 2.45) is 5.10 Å². The van der Waals surface area contributed by atoms with Gasteiger partial charge in [0, 0.05) is 28.4 Å². The molecule has 3 rings (SSSR count). The maximum atomic E-state index is 12.4. The van der Waals surface area contributed by atoms with Crippen LogP contribution in [-0.4, -0.2) is 31.9 Å². The molecule has 154 valence electrons. The molecule has 1 aromatic heterocycles. The molecular formula is C18H12Br3N5O4. The number of hydrazone groups is 1. The van der Waals surface area contributed by atoms with E-state index in [2.05, 4.69) is 63.4 Å². The van der Waals surface area contributed by atoms with E-state index in [-0.39, 0.29) is 17.1 Å². The van der Waals surface area contributed by atoms with Gasteiger partial charge in [0.2, 0.25) is 0 Å². The molecule has 30 heavy (non-hydrogen) atoms. The summed E-state index contributed by atoms with van der Waals surface area (Å²) in [6, 6.07) is 9.39. The van der Waals surface area contributed by atoms with Crippen molar-refractivity contribution in [1.82, 2.24) is 15.2 Å². The summed E-state index contributed by atoms with van der Waals surface area (Å²) < 4.78 is 3.21. The summed E-state index contributed by atoms with van der Waals surface area (Å²) in [6.07, 6.45) is 2.93. The van der Waals surface area contributed by atoms with Gasteiger partial charge in [0.15, 0.2) is 5.69 Å². The Morgan fingerprint density at radius 3 is 2.60 bits per heavy atom. The lowest BCUT2D eigenvalue weighted by Crippen LogP contribution is -2.19. The average Bonchev–Trinajstić information content (AvgIpc) is 3.06. The second-order valence-corrected chi connectivity index (χ2v) is 8.60. The summed E-state index contributed by atoms with van der Waals surface area (Å²) in [5, 5.41) is 28.8. The van der Waals surface area contributed by atoms with E-state index in [1.165, 1.54) is 23.0 Å². The summed E-state index contributed by atoms with van der Waals surface area (Å²) in [7, 11) is 0. The molecular weight excluding hydrogens is 590 g/mol. The Bertz CT molecular complexity index is 1150. The molecule has 0 aliphatic heterocycles. The Labute approximate surface area is 195 Å². The van der Waals surface area contributed by atoms with E-state index in [0.29, 0.717) is 21.1 Å². The van der Waals surface area contributed by atoms with Crippen LogP contribution in [0.25, 0.3) is 0 Å². The number of rotatable bonds is 6. The van der Waals surface area contributed by atoms with Gasteiger partial charge in [-0.1, -0.05) is 28.1 Å². The third kappa shape index (κ3) is 5.32. The Kier molecular flexibility index (Phi) is 7.00. The number of benzene rings is 2. The first-order chi connectivity index (χ1) is 14.2. The second-order valence-electron chi connectivity index (χ2n) is 5.97. The van der Waals surface area contributed by atoms with E-state index in [1.54, 1.807) is 30.5 Å². The van der Waals surface area contributed by atoms with Crippen molar-refractivity contribution in [2.45, 2.75) is 6.54 Å². The number of phenolic OH excluding ortho intramolecular Hbond substituents is 1. The molecule has 2 N–H and O–H groups in total. The average molecular weight is 602 g/mol. The van der Waals surface area contributed by atoms with E-state index in [4.69, 9.17) is 0 Å². The van der Waals surface area contributed by atoms with Gasteiger partial charge in [-0.2, -0.15) is 10.2 Å². The Morgan fingerprint density at radius 1 is 1.23 bits per heavy atom. The van der Waals surface area contributed by atoms with Gasteiger partial charge in [0.05, 0.1) is 26.6 Å². The molecule has 9 nitrogen and oxygen atoms in total. The van der Waals surface area contributed by atoms with Gasteiger partial charge in [-0.15, -0.1) is 0 Å². The number of aromatic nitrogens is 2. The van der Waals surface area contributed by atoms with Crippen LogP contribution in [0.15, 0.2) is 61.1 Å². The molecule has 0 saturated carbocycles. The van der Waals surface area contributed by atoms with E-state index < -0.39 is 10.8 Å². The monoisotopic (exact) mass is 599 g/mol. The summed E-state index contributed by atoms with van der Waals surface area (Å²) in [5.74, 6) is -0.557. The number of nitrogens with one attached hydrogen (secondary N) is 1. The number of nitrogens with zero attached hydrogens (tertiary/aromatic N) is 4. The second kappa shape index (κ2) is 9.49. The minimum absolute atomic E-state index is 0.00170. The highest BCUT2D eigenvalue weighted by Crippen LogP contribution is 2.30. The summed E-state index contributed by atoms with van der Waals surface area (Å²) in [4.78, 5) is 22.6. The van der Waals surface area contributed by atoms with Crippen molar-refractivity contribution in [3.63, 3.8) is 0 Å². The van der Waals surface area contributed by atoms with Crippen molar-refractivity contribution in [2.75, 3.05) is 0 Å². The molecule has 1 amide bonds. The number of non-ortho nitro benzene ring substituents is 1.